The number of pyridine rings is 1. The summed E-state index contributed by atoms with van der Waals surface area (Å²) < 4.78 is 0. The summed E-state index contributed by atoms with van der Waals surface area (Å²) in [7, 11) is 0. The maximum absolute atomic E-state index is 12.2. The lowest BCUT2D eigenvalue weighted by atomic mass is 10.0. The molecule has 1 amide bonds. The molecule has 0 spiro atoms. The van der Waals surface area contributed by atoms with Crippen LogP contribution in [0, 0.1) is 16.7 Å². The fraction of sp³-hybridized carbons (Fsp3) is 0.625. The Balaban J connectivity index is 1.95. The van der Waals surface area contributed by atoms with Gasteiger partial charge in [0.05, 0.1) is 0 Å². The lowest BCUT2D eigenvalue weighted by Gasteiger charge is -2.08. The third-order valence-electron chi connectivity index (χ3n) is 5.16. The summed E-state index contributed by atoms with van der Waals surface area (Å²) in [5.74, 6) is 0.430. The first-order valence-electron chi connectivity index (χ1n) is 7.29. The van der Waals surface area contributed by atoms with Crippen LogP contribution in [0.4, 0.5) is 5.69 Å². The van der Waals surface area contributed by atoms with Crippen molar-refractivity contribution < 1.29 is 4.79 Å². The molecule has 20 heavy (non-hydrogen) atoms. The van der Waals surface area contributed by atoms with Crippen molar-refractivity contribution in [2.45, 2.75) is 34.6 Å². The second-order valence-corrected chi connectivity index (χ2v) is 6.67. The van der Waals surface area contributed by atoms with Crippen LogP contribution in [0.2, 0.25) is 0 Å². The van der Waals surface area contributed by atoms with Crippen molar-refractivity contribution in [3.8, 4) is 0 Å². The summed E-state index contributed by atoms with van der Waals surface area (Å²) in [5, 5.41) is 6.20. The number of anilines is 1. The zero-order valence-corrected chi connectivity index (χ0v) is 13.1. The zero-order valence-electron chi connectivity index (χ0n) is 13.1. The maximum atomic E-state index is 12.2. The van der Waals surface area contributed by atoms with Crippen LogP contribution in [0.25, 0.3) is 0 Å². The van der Waals surface area contributed by atoms with E-state index in [2.05, 4.69) is 43.3 Å². The van der Waals surface area contributed by atoms with Gasteiger partial charge in [-0.3, -0.25) is 9.78 Å². The van der Waals surface area contributed by atoms with E-state index in [0.717, 1.165) is 12.2 Å². The quantitative estimate of drug-likeness (QED) is 0.868. The molecule has 1 saturated carbocycles. The molecule has 0 unspecified atom stereocenters. The predicted molar refractivity (Wildman–Crippen MR) is 81.8 cm³/mol. The third kappa shape index (κ3) is 2.51. The summed E-state index contributed by atoms with van der Waals surface area (Å²) in [5.41, 5.74) is 1.98. The minimum atomic E-state index is -0.0942. The zero-order chi connectivity index (χ0) is 15.0. The first-order valence-corrected chi connectivity index (χ1v) is 7.29. The van der Waals surface area contributed by atoms with Crippen molar-refractivity contribution >= 4 is 11.6 Å². The van der Waals surface area contributed by atoms with E-state index in [4.69, 9.17) is 0 Å². The van der Waals surface area contributed by atoms with Gasteiger partial charge in [-0.25, -0.2) is 0 Å². The lowest BCUT2D eigenvalue weighted by Crippen LogP contribution is -2.28. The Bertz CT molecular complexity index is 494. The molecule has 0 aliphatic heterocycles. The number of carbonyl (C=O) groups is 1. The average molecular weight is 275 g/mol. The Labute approximate surface area is 121 Å². The Morgan fingerprint density at radius 1 is 1.30 bits per heavy atom. The molecule has 1 heterocycles. The van der Waals surface area contributed by atoms with Gasteiger partial charge in [-0.15, -0.1) is 0 Å². The first-order chi connectivity index (χ1) is 9.30. The molecule has 0 atom stereocenters. The van der Waals surface area contributed by atoms with Gasteiger partial charge in [-0.2, -0.15) is 0 Å². The minimum absolute atomic E-state index is 0.0942. The van der Waals surface area contributed by atoms with Crippen LogP contribution < -0.4 is 10.6 Å². The molecule has 1 aromatic heterocycles. The molecule has 1 aliphatic carbocycles. The van der Waals surface area contributed by atoms with Crippen LogP contribution in [-0.4, -0.2) is 24.0 Å². The number of nitrogens with one attached hydrogen (secondary N) is 2. The molecule has 1 fully saturated rings. The van der Waals surface area contributed by atoms with Gasteiger partial charge in [0.15, 0.2) is 0 Å². The smallest absolute Gasteiger partial charge is 0.269 e. The maximum Gasteiger partial charge on any atom is 0.269 e. The van der Waals surface area contributed by atoms with Crippen molar-refractivity contribution in [1.29, 1.82) is 0 Å². The highest BCUT2D eigenvalue weighted by atomic mass is 16.1. The highest BCUT2D eigenvalue weighted by Crippen LogP contribution is 2.67. The minimum Gasteiger partial charge on any atom is -0.385 e. The van der Waals surface area contributed by atoms with Crippen molar-refractivity contribution in [2.24, 2.45) is 16.7 Å². The van der Waals surface area contributed by atoms with Crippen molar-refractivity contribution in [2.75, 3.05) is 18.4 Å². The van der Waals surface area contributed by atoms with Crippen LogP contribution in [0.5, 0.6) is 0 Å². The van der Waals surface area contributed by atoms with Gasteiger partial charge in [0, 0.05) is 25.0 Å². The van der Waals surface area contributed by atoms with E-state index in [-0.39, 0.29) is 5.91 Å². The number of rotatable bonds is 5. The molecule has 4 nitrogen and oxygen atoms in total. The van der Waals surface area contributed by atoms with Crippen molar-refractivity contribution in [1.82, 2.24) is 10.3 Å². The highest BCUT2D eigenvalue weighted by Gasteiger charge is 2.64. The highest BCUT2D eigenvalue weighted by molar-refractivity contribution is 5.93. The van der Waals surface area contributed by atoms with E-state index in [9.17, 15) is 4.79 Å². The molecule has 1 aliphatic rings. The number of hydrogen-bond acceptors (Lipinski definition) is 3. The summed E-state index contributed by atoms with van der Waals surface area (Å²) in [6, 6.07) is 3.66. The number of carbonyl (C=O) groups excluding carboxylic acids is 1. The fourth-order valence-electron chi connectivity index (χ4n) is 3.00. The van der Waals surface area contributed by atoms with Gasteiger partial charge >= 0.3 is 0 Å². The molecule has 0 saturated heterocycles. The molecule has 0 aromatic carbocycles. The van der Waals surface area contributed by atoms with E-state index < -0.39 is 0 Å². The van der Waals surface area contributed by atoms with Gasteiger partial charge in [-0.1, -0.05) is 27.7 Å². The molecular weight excluding hydrogens is 250 g/mol. The normalized spacial score (nSPS) is 19.4. The monoisotopic (exact) mass is 275 g/mol. The number of hydrogen-bond donors (Lipinski definition) is 2. The largest absolute Gasteiger partial charge is 0.385 e. The van der Waals surface area contributed by atoms with Crippen LogP contribution in [-0.2, 0) is 0 Å². The van der Waals surface area contributed by atoms with Crippen LogP contribution in [0.15, 0.2) is 18.3 Å². The van der Waals surface area contributed by atoms with E-state index in [1.54, 1.807) is 12.3 Å². The molecule has 0 radical (unpaired) electrons. The number of aromatic nitrogens is 1. The van der Waals surface area contributed by atoms with E-state index in [0.29, 0.717) is 29.0 Å². The molecule has 0 bridgehead atoms. The van der Waals surface area contributed by atoms with E-state index in [1.807, 2.05) is 13.0 Å². The van der Waals surface area contributed by atoms with Gasteiger partial charge in [-0.05, 0) is 35.8 Å². The molecule has 2 N–H and O–H groups in total. The van der Waals surface area contributed by atoms with Gasteiger partial charge in [0.1, 0.15) is 5.69 Å². The molecule has 110 valence electrons. The van der Waals surface area contributed by atoms with Gasteiger partial charge in [0.2, 0.25) is 0 Å². The van der Waals surface area contributed by atoms with Crippen molar-refractivity contribution in [3.63, 3.8) is 0 Å². The van der Waals surface area contributed by atoms with Crippen LogP contribution >= 0.6 is 0 Å². The summed E-state index contributed by atoms with van der Waals surface area (Å²) in [4.78, 5) is 16.3. The van der Waals surface area contributed by atoms with Gasteiger partial charge < -0.3 is 10.6 Å². The molecule has 4 heteroatoms. The average Bonchev–Trinajstić information content (AvgIpc) is 2.77. The predicted octanol–water partition coefficient (Wildman–Crippen LogP) is 2.93. The first kappa shape index (κ1) is 14.8. The van der Waals surface area contributed by atoms with Crippen LogP contribution in [0.1, 0.15) is 45.1 Å². The number of amides is 1. The van der Waals surface area contributed by atoms with Gasteiger partial charge in [0.25, 0.3) is 5.91 Å². The second-order valence-electron chi connectivity index (χ2n) is 6.67. The third-order valence-corrected chi connectivity index (χ3v) is 5.16. The topological polar surface area (TPSA) is 54.0 Å². The SMILES string of the molecule is CCNc1ccnc(C(=O)NCC2C(C)(C)C2(C)C)c1. The summed E-state index contributed by atoms with van der Waals surface area (Å²) in [6.45, 7) is 12.6. The van der Waals surface area contributed by atoms with E-state index >= 15 is 0 Å². The fourth-order valence-corrected chi connectivity index (χ4v) is 3.00. The Hall–Kier alpha value is -1.58. The molecular formula is C16H25N3O. The Kier molecular flexibility index (Phi) is 3.76. The van der Waals surface area contributed by atoms with E-state index in [1.165, 1.54) is 0 Å². The van der Waals surface area contributed by atoms with Crippen LogP contribution in [0.3, 0.4) is 0 Å². The lowest BCUT2D eigenvalue weighted by molar-refractivity contribution is 0.0945. The second kappa shape index (κ2) is 5.08. The number of nitrogens with zero attached hydrogens (tertiary/aromatic N) is 1. The summed E-state index contributed by atoms with van der Waals surface area (Å²) in [6.07, 6.45) is 1.66. The van der Waals surface area contributed by atoms with Crippen molar-refractivity contribution in [3.05, 3.63) is 24.0 Å². The standard InChI is InChI=1S/C16H25N3O/c1-6-17-11-7-8-18-12(9-11)14(20)19-10-13-15(2,3)16(13,4)5/h7-9,13H,6,10H2,1-5H3,(H,17,18)(H,19,20). The Morgan fingerprint density at radius 2 is 1.95 bits per heavy atom. The Morgan fingerprint density at radius 3 is 2.50 bits per heavy atom. The molecule has 2 rings (SSSR count). The summed E-state index contributed by atoms with van der Waals surface area (Å²) >= 11 is 0. The molecule has 1 aromatic rings.